The number of hydrogen-bond donors (Lipinski definition) is 0. The van der Waals surface area contributed by atoms with Gasteiger partial charge < -0.3 is 9.64 Å². The van der Waals surface area contributed by atoms with Crippen LogP contribution in [0.2, 0.25) is 0 Å². The van der Waals surface area contributed by atoms with Crippen molar-refractivity contribution in [1.29, 1.82) is 0 Å². The Morgan fingerprint density at radius 1 is 0.800 bits per heavy atom. The van der Waals surface area contributed by atoms with Crippen molar-refractivity contribution in [2.45, 2.75) is 19.1 Å². The van der Waals surface area contributed by atoms with Gasteiger partial charge in [0.2, 0.25) is 0 Å². The molecule has 0 radical (unpaired) electrons. The van der Waals surface area contributed by atoms with E-state index in [1.54, 1.807) is 6.20 Å². The van der Waals surface area contributed by atoms with Gasteiger partial charge in [-0.2, -0.15) is 0 Å². The molecule has 3 aromatic rings. The van der Waals surface area contributed by atoms with Crippen LogP contribution in [0.25, 0.3) is 0 Å². The minimum atomic E-state index is 0.331. The van der Waals surface area contributed by atoms with Crippen molar-refractivity contribution in [3.05, 3.63) is 102 Å². The molecule has 0 aliphatic carbocycles. The Labute approximate surface area is 180 Å². The van der Waals surface area contributed by atoms with Gasteiger partial charge in [0.25, 0.3) is 0 Å². The van der Waals surface area contributed by atoms with Gasteiger partial charge in [-0.15, -0.1) is 0 Å². The van der Waals surface area contributed by atoms with Crippen molar-refractivity contribution in [1.82, 2.24) is 14.8 Å². The van der Waals surface area contributed by atoms with Crippen molar-refractivity contribution >= 4 is 0 Å². The normalized spacial score (nSPS) is 15.5. The molecule has 4 heteroatoms. The van der Waals surface area contributed by atoms with Crippen LogP contribution in [-0.4, -0.2) is 54.1 Å². The van der Waals surface area contributed by atoms with E-state index in [-0.39, 0.29) is 0 Å². The first-order valence-corrected chi connectivity index (χ1v) is 10.9. The van der Waals surface area contributed by atoms with Crippen LogP contribution < -0.4 is 0 Å². The van der Waals surface area contributed by atoms with Gasteiger partial charge in [0, 0.05) is 51.7 Å². The number of benzene rings is 2. The van der Waals surface area contributed by atoms with E-state index in [1.807, 2.05) is 12.3 Å². The van der Waals surface area contributed by atoms with Crippen molar-refractivity contribution in [3.63, 3.8) is 0 Å². The molecular formula is C26H31N3O. The van der Waals surface area contributed by atoms with Crippen LogP contribution in [0.3, 0.4) is 0 Å². The lowest BCUT2D eigenvalue weighted by atomic mass is 9.96. The molecule has 30 heavy (non-hydrogen) atoms. The van der Waals surface area contributed by atoms with Gasteiger partial charge in [0.1, 0.15) is 0 Å². The molecule has 4 nitrogen and oxygen atoms in total. The second-order valence-electron chi connectivity index (χ2n) is 7.87. The molecular weight excluding hydrogens is 370 g/mol. The molecule has 156 valence electrons. The second kappa shape index (κ2) is 11.0. The first-order chi connectivity index (χ1) is 14.9. The lowest BCUT2D eigenvalue weighted by Crippen LogP contribution is -2.48. The highest BCUT2D eigenvalue weighted by molar-refractivity contribution is 5.31. The number of aromatic nitrogens is 1. The zero-order chi connectivity index (χ0) is 20.4. The lowest BCUT2D eigenvalue weighted by molar-refractivity contribution is 0.0832. The maximum absolute atomic E-state index is 5.81. The number of hydrogen-bond acceptors (Lipinski definition) is 4. The average molecular weight is 402 g/mol. The van der Waals surface area contributed by atoms with E-state index < -0.39 is 0 Å². The first-order valence-electron chi connectivity index (χ1n) is 10.9. The summed E-state index contributed by atoms with van der Waals surface area (Å²) < 4.78 is 5.81. The maximum Gasteiger partial charge on any atom is 0.0731 e. The molecule has 0 atom stereocenters. The summed E-state index contributed by atoms with van der Waals surface area (Å²) in [5, 5.41) is 0. The second-order valence-corrected chi connectivity index (χ2v) is 7.87. The minimum Gasteiger partial charge on any atom is -0.377 e. The van der Waals surface area contributed by atoms with E-state index in [4.69, 9.17) is 4.74 Å². The van der Waals surface area contributed by atoms with Gasteiger partial charge in [-0.25, -0.2) is 0 Å². The summed E-state index contributed by atoms with van der Waals surface area (Å²) in [4.78, 5) is 9.32. The summed E-state index contributed by atoms with van der Waals surface area (Å²) in [6.07, 6.45) is 4.74. The third-order valence-corrected chi connectivity index (χ3v) is 5.76. The van der Waals surface area contributed by atoms with Gasteiger partial charge in [0.05, 0.1) is 12.6 Å². The molecule has 1 aliphatic heterocycles. The highest BCUT2D eigenvalue weighted by Crippen LogP contribution is 2.29. The Hall–Kier alpha value is -2.53. The van der Waals surface area contributed by atoms with Crippen LogP contribution in [-0.2, 0) is 11.3 Å². The topological polar surface area (TPSA) is 28.6 Å². The van der Waals surface area contributed by atoms with Gasteiger partial charge in [-0.05, 0) is 29.2 Å². The van der Waals surface area contributed by atoms with Crippen LogP contribution in [0.5, 0.6) is 0 Å². The molecule has 2 heterocycles. The van der Waals surface area contributed by atoms with E-state index in [0.717, 1.165) is 51.3 Å². The Kier molecular flexibility index (Phi) is 7.62. The monoisotopic (exact) mass is 401 g/mol. The molecule has 1 aromatic heterocycles. The highest BCUT2D eigenvalue weighted by atomic mass is 16.5. The maximum atomic E-state index is 5.81. The Bertz CT molecular complexity index is 810. The summed E-state index contributed by atoms with van der Waals surface area (Å²) in [6, 6.07) is 26.1. The predicted octanol–water partition coefficient (Wildman–Crippen LogP) is 4.40. The van der Waals surface area contributed by atoms with Gasteiger partial charge in [0.15, 0.2) is 0 Å². The van der Waals surface area contributed by atoms with Crippen molar-refractivity contribution < 1.29 is 4.74 Å². The van der Waals surface area contributed by atoms with Crippen molar-refractivity contribution in [2.24, 2.45) is 0 Å². The molecule has 1 saturated heterocycles. The number of nitrogens with zero attached hydrogens (tertiary/aromatic N) is 3. The molecule has 2 aromatic carbocycles. The standard InChI is InChI=1S/C26H31N3O/c1-3-10-24(11-4-1)26(25-12-5-2-6-13-25)29-18-16-28(17-19-29)15-8-20-30-22-23-9-7-14-27-21-23/h1-7,9-14,21,26H,8,15-20,22H2. The van der Waals surface area contributed by atoms with Crippen molar-refractivity contribution in [3.8, 4) is 0 Å². The Morgan fingerprint density at radius 3 is 2.07 bits per heavy atom. The van der Waals surface area contributed by atoms with E-state index in [1.165, 1.54) is 11.1 Å². The summed E-state index contributed by atoms with van der Waals surface area (Å²) in [5.41, 5.74) is 3.89. The molecule has 0 amide bonds. The van der Waals surface area contributed by atoms with E-state index >= 15 is 0 Å². The van der Waals surface area contributed by atoms with Crippen molar-refractivity contribution in [2.75, 3.05) is 39.3 Å². The number of piperazine rings is 1. The summed E-state index contributed by atoms with van der Waals surface area (Å²) in [5.74, 6) is 0. The predicted molar refractivity (Wildman–Crippen MR) is 121 cm³/mol. The molecule has 4 rings (SSSR count). The quantitative estimate of drug-likeness (QED) is 0.497. The van der Waals surface area contributed by atoms with Crippen LogP contribution in [0.4, 0.5) is 0 Å². The number of ether oxygens (including phenoxy) is 1. The zero-order valence-electron chi connectivity index (χ0n) is 17.6. The molecule has 1 fully saturated rings. The minimum absolute atomic E-state index is 0.331. The van der Waals surface area contributed by atoms with E-state index in [2.05, 4.69) is 81.5 Å². The summed E-state index contributed by atoms with van der Waals surface area (Å²) in [7, 11) is 0. The summed E-state index contributed by atoms with van der Waals surface area (Å²) >= 11 is 0. The third kappa shape index (κ3) is 5.76. The first kappa shape index (κ1) is 20.7. The van der Waals surface area contributed by atoms with Gasteiger partial charge >= 0.3 is 0 Å². The molecule has 0 N–H and O–H groups in total. The molecule has 0 bridgehead atoms. The van der Waals surface area contributed by atoms with E-state index in [0.29, 0.717) is 12.6 Å². The highest BCUT2D eigenvalue weighted by Gasteiger charge is 2.26. The van der Waals surface area contributed by atoms with E-state index in [9.17, 15) is 0 Å². The molecule has 0 unspecified atom stereocenters. The lowest BCUT2D eigenvalue weighted by Gasteiger charge is -2.39. The SMILES string of the molecule is c1ccc(C(c2ccccc2)N2CCN(CCCOCc3cccnc3)CC2)cc1. The third-order valence-electron chi connectivity index (χ3n) is 5.76. The fourth-order valence-corrected chi connectivity index (χ4v) is 4.19. The molecule has 0 saturated carbocycles. The van der Waals surface area contributed by atoms with Crippen LogP contribution >= 0.6 is 0 Å². The number of pyridine rings is 1. The Morgan fingerprint density at radius 2 is 1.47 bits per heavy atom. The zero-order valence-corrected chi connectivity index (χ0v) is 17.6. The fraction of sp³-hybridized carbons (Fsp3) is 0.346. The summed E-state index contributed by atoms with van der Waals surface area (Å²) in [6.45, 7) is 6.94. The van der Waals surface area contributed by atoms with Crippen LogP contribution in [0, 0.1) is 0 Å². The van der Waals surface area contributed by atoms with Gasteiger partial charge in [-0.1, -0.05) is 66.7 Å². The Balaban J connectivity index is 1.25. The molecule has 1 aliphatic rings. The van der Waals surface area contributed by atoms with Crippen LogP contribution in [0.1, 0.15) is 29.2 Å². The van der Waals surface area contributed by atoms with Gasteiger partial charge in [-0.3, -0.25) is 9.88 Å². The number of rotatable bonds is 9. The average Bonchev–Trinajstić information content (AvgIpc) is 2.82. The smallest absolute Gasteiger partial charge is 0.0731 e. The molecule has 0 spiro atoms. The largest absolute Gasteiger partial charge is 0.377 e. The van der Waals surface area contributed by atoms with Crippen LogP contribution in [0.15, 0.2) is 85.2 Å². The fourth-order valence-electron chi connectivity index (χ4n) is 4.19.